The maximum atomic E-state index is 11.4. The molecule has 5 nitrogen and oxygen atoms in total. The van der Waals surface area contributed by atoms with E-state index in [0.29, 0.717) is 36.0 Å². The van der Waals surface area contributed by atoms with Crippen LogP contribution in [0.2, 0.25) is 5.02 Å². The molecule has 0 radical (unpaired) electrons. The van der Waals surface area contributed by atoms with Crippen molar-refractivity contribution in [1.29, 1.82) is 0 Å². The summed E-state index contributed by atoms with van der Waals surface area (Å²) < 4.78 is 28.1. The van der Waals surface area contributed by atoms with Crippen molar-refractivity contribution < 1.29 is 12.9 Å². The van der Waals surface area contributed by atoms with Gasteiger partial charge in [-0.15, -0.1) is 0 Å². The molecule has 0 bridgehead atoms. The molecular weight excluding hydrogens is 312 g/mol. The molecule has 112 valence electrons. The average molecular weight is 327 g/mol. The van der Waals surface area contributed by atoms with E-state index >= 15 is 0 Å². The zero-order valence-corrected chi connectivity index (χ0v) is 12.9. The van der Waals surface area contributed by atoms with Gasteiger partial charge in [0.2, 0.25) is 5.89 Å². The normalized spacial score (nSPS) is 20.7. The summed E-state index contributed by atoms with van der Waals surface area (Å²) in [5, 5.41) is 4.61. The summed E-state index contributed by atoms with van der Waals surface area (Å²) >= 11 is 6.10. The fourth-order valence-corrected chi connectivity index (χ4v) is 4.60. The Kier molecular flexibility index (Phi) is 3.99. The van der Waals surface area contributed by atoms with Crippen LogP contribution in [0, 0.1) is 5.92 Å². The van der Waals surface area contributed by atoms with Crippen molar-refractivity contribution in [3.8, 4) is 0 Å². The molecule has 1 aromatic heterocycles. The predicted octanol–water partition coefficient (Wildman–Crippen LogP) is 2.29. The van der Waals surface area contributed by atoms with Crippen LogP contribution in [0.1, 0.15) is 23.7 Å². The first-order chi connectivity index (χ1) is 10.0. The molecule has 1 aliphatic heterocycles. The molecule has 0 aliphatic carbocycles. The Morgan fingerprint density at radius 2 is 2.14 bits per heavy atom. The van der Waals surface area contributed by atoms with Crippen LogP contribution in [0.25, 0.3) is 0 Å². The lowest BCUT2D eigenvalue weighted by atomic mass is 10.1. The zero-order chi connectivity index (χ0) is 14.9. The molecule has 0 spiro atoms. The van der Waals surface area contributed by atoms with Gasteiger partial charge in [-0.05, 0) is 24.0 Å². The van der Waals surface area contributed by atoms with Crippen molar-refractivity contribution in [2.75, 3.05) is 11.5 Å². The van der Waals surface area contributed by atoms with Gasteiger partial charge in [0, 0.05) is 17.9 Å². The molecule has 2 aromatic rings. The number of hydrogen-bond acceptors (Lipinski definition) is 5. The summed E-state index contributed by atoms with van der Waals surface area (Å²) in [7, 11) is -2.87. The lowest BCUT2D eigenvalue weighted by Gasteiger charge is -2.01. The minimum Gasteiger partial charge on any atom is -0.339 e. The van der Waals surface area contributed by atoms with Crippen molar-refractivity contribution in [2.24, 2.45) is 5.92 Å². The summed E-state index contributed by atoms with van der Waals surface area (Å²) in [4.78, 5) is 4.33. The van der Waals surface area contributed by atoms with Crippen LogP contribution in [0.15, 0.2) is 28.8 Å². The third-order valence-corrected chi connectivity index (χ3v) is 5.81. The van der Waals surface area contributed by atoms with E-state index in [0.717, 1.165) is 5.56 Å². The Bertz CT molecular complexity index is 742. The summed E-state index contributed by atoms with van der Waals surface area (Å²) in [6.07, 6.45) is 1.70. The van der Waals surface area contributed by atoms with Crippen LogP contribution < -0.4 is 0 Å². The third-order valence-electron chi connectivity index (χ3n) is 3.61. The van der Waals surface area contributed by atoms with Gasteiger partial charge in [0.15, 0.2) is 15.7 Å². The van der Waals surface area contributed by atoms with Gasteiger partial charge in [0.25, 0.3) is 0 Å². The molecule has 7 heteroatoms. The number of rotatable bonds is 4. The van der Waals surface area contributed by atoms with Gasteiger partial charge >= 0.3 is 0 Å². The van der Waals surface area contributed by atoms with Gasteiger partial charge < -0.3 is 4.52 Å². The van der Waals surface area contributed by atoms with Crippen LogP contribution >= 0.6 is 11.6 Å². The number of nitrogens with zero attached hydrogens (tertiary/aromatic N) is 2. The third kappa shape index (κ3) is 3.63. The van der Waals surface area contributed by atoms with Crippen LogP contribution in [-0.4, -0.2) is 30.1 Å². The molecular formula is C14H15ClN2O3S. The van der Waals surface area contributed by atoms with E-state index in [2.05, 4.69) is 10.1 Å². The Labute approximate surface area is 128 Å². The van der Waals surface area contributed by atoms with E-state index in [1.807, 2.05) is 24.3 Å². The SMILES string of the molecule is O=S1(=O)CC[C@H](Cc2nc(Cc3ccccc3Cl)no2)C1. The lowest BCUT2D eigenvalue weighted by molar-refractivity contribution is 0.355. The standard InChI is InChI=1S/C14H15ClN2O3S/c15-12-4-2-1-3-11(12)8-13-16-14(20-17-13)7-10-5-6-21(18,19)9-10/h1-4,10H,5-9H2/t10-/m1/s1. The zero-order valence-electron chi connectivity index (χ0n) is 11.3. The maximum Gasteiger partial charge on any atom is 0.226 e. The quantitative estimate of drug-likeness (QED) is 0.862. The van der Waals surface area contributed by atoms with Gasteiger partial charge in [-0.1, -0.05) is 35.0 Å². The fraction of sp³-hybridized carbons (Fsp3) is 0.429. The van der Waals surface area contributed by atoms with Gasteiger partial charge in [0.05, 0.1) is 11.5 Å². The molecule has 1 atom stereocenters. The van der Waals surface area contributed by atoms with Gasteiger partial charge in [-0.25, -0.2) is 8.42 Å². The highest BCUT2D eigenvalue weighted by atomic mass is 35.5. The van der Waals surface area contributed by atoms with Crippen molar-refractivity contribution in [1.82, 2.24) is 10.1 Å². The molecule has 2 heterocycles. The van der Waals surface area contributed by atoms with Crippen molar-refractivity contribution >= 4 is 21.4 Å². The van der Waals surface area contributed by atoms with Crippen LogP contribution in [0.4, 0.5) is 0 Å². The van der Waals surface area contributed by atoms with E-state index in [1.54, 1.807) is 0 Å². The van der Waals surface area contributed by atoms with E-state index < -0.39 is 9.84 Å². The number of halogens is 1. The Morgan fingerprint density at radius 3 is 2.86 bits per heavy atom. The molecule has 1 aliphatic rings. The first-order valence-electron chi connectivity index (χ1n) is 6.77. The van der Waals surface area contributed by atoms with Gasteiger partial charge in [-0.2, -0.15) is 4.98 Å². The summed E-state index contributed by atoms with van der Waals surface area (Å²) in [6.45, 7) is 0. The second-order valence-electron chi connectivity index (χ2n) is 5.35. The molecule has 1 saturated heterocycles. The van der Waals surface area contributed by atoms with Gasteiger partial charge in [-0.3, -0.25) is 0 Å². The lowest BCUT2D eigenvalue weighted by Crippen LogP contribution is -2.07. The van der Waals surface area contributed by atoms with Crippen LogP contribution in [0.5, 0.6) is 0 Å². The maximum absolute atomic E-state index is 11.4. The predicted molar refractivity (Wildman–Crippen MR) is 79.0 cm³/mol. The summed E-state index contributed by atoms with van der Waals surface area (Å²) in [6, 6.07) is 7.52. The Hall–Kier alpha value is -1.40. The second kappa shape index (κ2) is 5.77. The molecule has 3 rings (SSSR count). The van der Waals surface area contributed by atoms with Crippen molar-refractivity contribution in [3.05, 3.63) is 46.6 Å². The monoisotopic (exact) mass is 326 g/mol. The Morgan fingerprint density at radius 1 is 1.33 bits per heavy atom. The first kappa shape index (κ1) is 14.5. The smallest absolute Gasteiger partial charge is 0.226 e. The van der Waals surface area contributed by atoms with E-state index in [-0.39, 0.29) is 17.4 Å². The molecule has 21 heavy (non-hydrogen) atoms. The largest absolute Gasteiger partial charge is 0.339 e. The molecule has 0 amide bonds. The number of aromatic nitrogens is 2. The highest BCUT2D eigenvalue weighted by molar-refractivity contribution is 7.91. The molecule has 0 saturated carbocycles. The van der Waals surface area contributed by atoms with Gasteiger partial charge in [0.1, 0.15) is 0 Å². The fourth-order valence-electron chi connectivity index (χ4n) is 2.54. The highest BCUT2D eigenvalue weighted by Gasteiger charge is 2.29. The van der Waals surface area contributed by atoms with Crippen LogP contribution in [-0.2, 0) is 22.7 Å². The summed E-state index contributed by atoms with van der Waals surface area (Å²) in [5.74, 6) is 1.63. The van der Waals surface area contributed by atoms with Crippen LogP contribution in [0.3, 0.4) is 0 Å². The number of benzene rings is 1. The first-order valence-corrected chi connectivity index (χ1v) is 8.97. The summed E-state index contributed by atoms with van der Waals surface area (Å²) in [5.41, 5.74) is 0.940. The topological polar surface area (TPSA) is 73.1 Å². The minimum absolute atomic E-state index is 0.0867. The van der Waals surface area contributed by atoms with E-state index in [1.165, 1.54) is 0 Å². The van der Waals surface area contributed by atoms with Crippen molar-refractivity contribution in [2.45, 2.75) is 19.3 Å². The van der Waals surface area contributed by atoms with E-state index in [4.69, 9.17) is 16.1 Å². The number of sulfone groups is 1. The van der Waals surface area contributed by atoms with Crippen molar-refractivity contribution in [3.63, 3.8) is 0 Å². The minimum atomic E-state index is -2.87. The molecule has 0 unspecified atom stereocenters. The average Bonchev–Trinajstić information content (AvgIpc) is 2.99. The highest BCUT2D eigenvalue weighted by Crippen LogP contribution is 2.22. The molecule has 1 fully saturated rings. The molecule has 1 aromatic carbocycles. The second-order valence-corrected chi connectivity index (χ2v) is 7.98. The Balaban J connectivity index is 1.66. The molecule has 0 N–H and O–H groups in total. The van der Waals surface area contributed by atoms with E-state index in [9.17, 15) is 8.42 Å². The number of hydrogen-bond donors (Lipinski definition) is 0.